The van der Waals surface area contributed by atoms with Crippen molar-refractivity contribution in [3.63, 3.8) is 0 Å². The number of H-pyrrole nitrogens is 1. The number of likely N-dealkylation sites (N-methyl/N-ethyl adjacent to an activating group) is 1. The minimum Gasteiger partial charge on any atom is -0.497 e. The number of aromatic nitrogens is 1. The highest BCUT2D eigenvalue weighted by Gasteiger charge is 2.19. The van der Waals surface area contributed by atoms with E-state index in [0.717, 1.165) is 10.9 Å². The number of amides is 2. The van der Waals surface area contributed by atoms with Crippen molar-refractivity contribution in [2.24, 2.45) is 0 Å². The molecular formula is C23H27N3O3. The zero-order valence-electron chi connectivity index (χ0n) is 17.5. The van der Waals surface area contributed by atoms with Crippen molar-refractivity contribution in [1.82, 2.24) is 9.88 Å². The first-order valence-electron chi connectivity index (χ1n) is 9.50. The maximum atomic E-state index is 12.8. The molecule has 152 valence electrons. The first-order valence-corrected chi connectivity index (χ1v) is 9.50. The molecule has 2 aromatic carbocycles. The summed E-state index contributed by atoms with van der Waals surface area (Å²) in [6, 6.07) is 15.1. The molecule has 2 amide bonds. The van der Waals surface area contributed by atoms with Crippen molar-refractivity contribution < 1.29 is 14.3 Å². The normalized spacial score (nSPS) is 11.3. The van der Waals surface area contributed by atoms with E-state index in [-0.39, 0.29) is 23.8 Å². The van der Waals surface area contributed by atoms with E-state index in [9.17, 15) is 9.59 Å². The van der Waals surface area contributed by atoms with Crippen LogP contribution in [0, 0.1) is 0 Å². The summed E-state index contributed by atoms with van der Waals surface area (Å²) in [5.74, 6) is 0.138. The molecule has 0 aliphatic rings. The number of aromatic amines is 1. The molecule has 0 saturated carbocycles. The lowest BCUT2D eigenvalue weighted by Gasteiger charge is -2.18. The molecule has 3 aromatic rings. The molecule has 3 rings (SSSR count). The Kier molecular flexibility index (Phi) is 5.64. The zero-order valence-corrected chi connectivity index (χ0v) is 17.5. The number of fused-ring (bicyclic) bond motifs is 1. The van der Waals surface area contributed by atoms with Crippen molar-refractivity contribution in [2.45, 2.75) is 26.2 Å². The number of nitrogens with zero attached hydrogens (tertiary/aromatic N) is 1. The van der Waals surface area contributed by atoms with Crippen LogP contribution < -0.4 is 10.1 Å². The molecule has 2 N–H and O–H groups in total. The van der Waals surface area contributed by atoms with E-state index in [1.807, 2.05) is 12.1 Å². The Morgan fingerprint density at radius 2 is 1.86 bits per heavy atom. The number of methoxy groups -OCH3 is 1. The standard InChI is InChI=1S/C23H27N3O3/c1-23(2,3)16-10-9-15-11-20(25-19(15)12-16)22(28)26(4)14-21(27)24-17-7-6-8-18(13-17)29-5/h6-13,25H,14H2,1-5H3,(H,24,27). The number of hydrogen-bond donors (Lipinski definition) is 2. The first kappa shape index (κ1) is 20.5. The Bertz CT molecular complexity index is 1050. The van der Waals surface area contributed by atoms with Crippen molar-refractivity contribution in [3.8, 4) is 5.75 Å². The van der Waals surface area contributed by atoms with E-state index in [0.29, 0.717) is 17.1 Å². The maximum absolute atomic E-state index is 12.8. The second-order valence-corrected chi connectivity index (χ2v) is 8.18. The van der Waals surface area contributed by atoms with Crippen LogP contribution in [-0.4, -0.2) is 42.4 Å². The zero-order chi connectivity index (χ0) is 21.2. The third-order valence-electron chi connectivity index (χ3n) is 4.80. The van der Waals surface area contributed by atoms with Crippen molar-refractivity contribution in [2.75, 3.05) is 26.0 Å². The summed E-state index contributed by atoms with van der Waals surface area (Å²) in [7, 11) is 3.18. The van der Waals surface area contributed by atoms with Gasteiger partial charge in [-0.25, -0.2) is 0 Å². The Morgan fingerprint density at radius 1 is 1.10 bits per heavy atom. The molecule has 0 unspecified atom stereocenters. The lowest BCUT2D eigenvalue weighted by atomic mass is 9.87. The van der Waals surface area contributed by atoms with Crippen LogP contribution in [-0.2, 0) is 10.2 Å². The highest BCUT2D eigenvalue weighted by molar-refractivity contribution is 6.01. The Hall–Kier alpha value is -3.28. The second-order valence-electron chi connectivity index (χ2n) is 8.18. The molecule has 29 heavy (non-hydrogen) atoms. The minimum absolute atomic E-state index is 0.0263. The number of ether oxygens (including phenoxy) is 1. The second kappa shape index (κ2) is 7.99. The predicted octanol–water partition coefficient (Wildman–Crippen LogP) is 4.18. The summed E-state index contributed by atoms with van der Waals surface area (Å²) < 4.78 is 5.15. The van der Waals surface area contributed by atoms with Crippen molar-refractivity contribution in [3.05, 3.63) is 59.8 Å². The van der Waals surface area contributed by atoms with Crippen molar-refractivity contribution in [1.29, 1.82) is 0 Å². The van der Waals surface area contributed by atoms with Gasteiger partial charge in [-0.05, 0) is 35.2 Å². The molecule has 1 heterocycles. The molecule has 0 saturated heterocycles. The van der Waals surface area contributed by atoms with Gasteiger partial charge in [0.15, 0.2) is 0 Å². The van der Waals surface area contributed by atoms with E-state index < -0.39 is 0 Å². The van der Waals surface area contributed by atoms with Gasteiger partial charge in [0.1, 0.15) is 11.4 Å². The molecule has 0 spiro atoms. The summed E-state index contributed by atoms with van der Waals surface area (Å²) in [5.41, 5.74) is 3.21. The fourth-order valence-corrected chi connectivity index (χ4v) is 3.10. The fraction of sp³-hybridized carbons (Fsp3) is 0.304. The first-order chi connectivity index (χ1) is 13.7. The lowest BCUT2D eigenvalue weighted by Crippen LogP contribution is -2.35. The molecule has 0 aliphatic heterocycles. The topological polar surface area (TPSA) is 74.4 Å². The maximum Gasteiger partial charge on any atom is 0.270 e. The van der Waals surface area contributed by atoms with E-state index in [1.165, 1.54) is 10.5 Å². The predicted molar refractivity (Wildman–Crippen MR) is 116 cm³/mol. The van der Waals surface area contributed by atoms with Crippen LogP contribution >= 0.6 is 0 Å². The van der Waals surface area contributed by atoms with Gasteiger partial charge < -0.3 is 19.9 Å². The Morgan fingerprint density at radius 3 is 2.55 bits per heavy atom. The molecule has 0 atom stereocenters. The number of anilines is 1. The minimum atomic E-state index is -0.278. The average molecular weight is 393 g/mol. The van der Waals surface area contributed by atoms with E-state index in [4.69, 9.17) is 4.74 Å². The number of rotatable bonds is 5. The van der Waals surface area contributed by atoms with Gasteiger partial charge in [-0.1, -0.05) is 39.0 Å². The van der Waals surface area contributed by atoms with Crippen LogP contribution in [0.5, 0.6) is 5.75 Å². The van der Waals surface area contributed by atoms with Crippen LogP contribution in [0.3, 0.4) is 0 Å². The molecule has 0 aliphatic carbocycles. The molecule has 0 fully saturated rings. The summed E-state index contributed by atoms with van der Waals surface area (Å²) in [4.78, 5) is 29.7. The van der Waals surface area contributed by atoms with E-state index in [1.54, 1.807) is 38.4 Å². The lowest BCUT2D eigenvalue weighted by molar-refractivity contribution is -0.116. The number of carbonyl (C=O) groups excluding carboxylic acids is 2. The summed E-state index contributed by atoms with van der Waals surface area (Å²) >= 11 is 0. The van der Waals surface area contributed by atoms with Gasteiger partial charge in [0.2, 0.25) is 5.91 Å². The molecule has 1 aromatic heterocycles. The van der Waals surface area contributed by atoms with Crippen LogP contribution in [0.4, 0.5) is 5.69 Å². The quantitative estimate of drug-likeness (QED) is 0.683. The summed E-state index contributed by atoms with van der Waals surface area (Å²) in [6.07, 6.45) is 0. The summed E-state index contributed by atoms with van der Waals surface area (Å²) in [6.45, 7) is 6.40. The molecule has 0 radical (unpaired) electrons. The Labute approximate surface area is 170 Å². The van der Waals surface area contributed by atoms with Crippen LogP contribution in [0.15, 0.2) is 48.5 Å². The monoisotopic (exact) mass is 393 g/mol. The van der Waals surface area contributed by atoms with E-state index in [2.05, 4.69) is 43.2 Å². The molecule has 6 nitrogen and oxygen atoms in total. The SMILES string of the molecule is COc1cccc(NC(=O)CN(C)C(=O)c2cc3ccc(C(C)(C)C)cc3[nH]2)c1. The van der Waals surface area contributed by atoms with Gasteiger partial charge in [0, 0.05) is 29.7 Å². The molecular weight excluding hydrogens is 366 g/mol. The fourth-order valence-electron chi connectivity index (χ4n) is 3.10. The number of hydrogen-bond acceptors (Lipinski definition) is 3. The number of carbonyl (C=O) groups is 2. The van der Waals surface area contributed by atoms with Gasteiger partial charge in [0.05, 0.1) is 13.7 Å². The Balaban J connectivity index is 1.69. The third kappa shape index (κ3) is 4.77. The van der Waals surface area contributed by atoms with Gasteiger partial charge in [-0.2, -0.15) is 0 Å². The number of benzene rings is 2. The molecule has 0 bridgehead atoms. The van der Waals surface area contributed by atoms with Gasteiger partial charge in [-0.3, -0.25) is 9.59 Å². The largest absolute Gasteiger partial charge is 0.497 e. The van der Waals surface area contributed by atoms with Crippen molar-refractivity contribution >= 4 is 28.4 Å². The van der Waals surface area contributed by atoms with Gasteiger partial charge in [-0.15, -0.1) is 0 Å². The highest BCUT2D eigenvalue weighted by Crippen LogP contribution is 2.26. The smallest absolute Gasteiger partial charge is 0.270 e. The van der Waals surface area contributed by atoms with Gasteiger partial charge in [0.25, 0.3) is 5.91 Å². The highest BCUT2D eigenvalue weighted by atomic mass is 16.5. The van der Waals surface area contributed by atoms with Gasteiger partial charge >= 0.3 is 0 Å². The van der Waals surface area contributed by atoms with Crippen LogP contribution in [0.1, 0.15) is 36.8 Å². The van der Waals surface area contributed by atoms with Crippen LogP contribution in [0.25, 0.3) is 10.9 Å². The summed E-state index contributed by atoms with van der Waals surface area (Å²) in [5, 5.41) is 3.75. The van der Waals surface area contributed by atoms with E-state index >= 15 is 0 Å². The van der Waals surface area contributed by atoms with Crippen LogP contribution in [0.2, 0.25) is 0 Å². The number of nitrogens with one attached hydrogen (secondary N) is 2. The molecule has 6 heteroatoms. The average Bonchev–Trinajstić information content (AvgIpc) is 3.09. The third-order valence-corrected chi connectivity index (χ3v) is 4.80.